The first-order chi connectivity index (χ1) is 20.0. The van der Waals surface area contributed by atoms with E-state index in [9.17, 15) is 19.2 Å². The van der Waals surface area contributed by atoms with Crippen molar-refractivity contribution in [3.8, 4) is 0 Å². The van der Waals surface area contributed by atoms with Crippen molar-refractivity contribution in [3.63, 3.8) is 0 Å². The molecule has 2 aliphatic rings. The summed E-state index contributed by atoms with van der Waals surface area (Å²) in [5.74, 6) is -0.800. The first kappa shape index (κ1) is 27.8. The van der Waals surface area contributed by atoms with E-state index in [0.717, 1.165) is 16.7 Å². The normalized spacial score (nSPS) is 18.8. The van der Waals surface area contributed by atoms with E-state index < -0.39 is 24.1 Å². The molecule has 0 unspecified atom stereocenters. The van der Waals surface area contributed by atoms with Crippen LogP contribution < -0.4 is 0 Å². The summed E-state index contributed by atoms with van der Waals surface area (Å²) < 4.78 is 10.5. The molecule has 0 radical (unpaired) electrons. The largest absolute Gasteiger partial charge is 0.447 e. The molecule has 0 aromatic heterocycles. The Morgan fingerprint density at radius 3 is 1.68 bits per heavy atom. The second kappa shape index (κ2) is 13.1. The van der Waals surface area contributed by atoms with Gasteiger partial charge in [0.2, 0.25) is 5.91 Å². The SMILES string of the molecule is O=C(CC/C=C(\Cc1ccccc1)C(=O)N1C(=O)OC[C@@H]1Cc1ccccc1)N1C(=O)OC[C@@H]1Cc1ccccc1. The van der Waals surface area contributed by atoms with Crippen LogP contribution in [0.3, 0.4) is 0 Å². The lowest BCUT2D eigenvalue weighted by atomic mass is 10.00. The highest BCUT2D eigenvalue weighted by Crippen LogP contribution is 2.23. The van der Waals surface area contributed by atoms with Gasteiger partial charge in [0.1, 0.15) is 13.2 Å². The average Bonchev–Trinajstić information content (AvgIpc) is 3.54. The number of carbonyl (C=O) groups excluding carboxylic acids is 4. The summed E-state index contributed by atoms with van der Waals surface area (Å²) in [6, 6.07) is 27.9. The number of hydrogen-bond donors (Lipinski definition) is 0. The van der Waals surface area contributed by atoms with Crippen LogP contribution in [0.25, 0.3) is 0 Å². The zero-order valence-corrected chi connectivity index (χ0v) is 22.7. The fourth-order valence-electron chi connectivity index (χ4n) is 5.24. The fourth-order valence-corrected chi connectivity index (χ4v) is 5.24. The molecule has 41 heavy (non-hydrogen) atoms. The van der Waals surface area contributed by atoms with E-state index in [1.54, 1.807) is 6.08 Å². The molecule has 0 bridgehead atoms. The van der Waals surface area contributed by atoms with Crippen molar-refractivity contribution in [3.05, 3.63) is 119 Å². The van der Waals surface area contributed by atoms with Crippen LogP contribution in [0.15, 0.2) is 103 Å². The van der Waals surface area contributed by atoms with Crippen LogP contribution in [0.5, 0.6) is 0 Å². The predicted molar refractivity (Wildman–Crippen MR) is 152 cm³/mol. The van der Waals surface area contributed by atoms with E-state index in [4.69, 9.17) is 9.47 Å². The van der Waals surface area contributed by atoms with Gasteiger partial charge in [0.25, 0.3) is 5.91 Å². The Balaban J connectivity index is 1.30. The summed E-state index contributed by atoms with van der Waals surface area (Å²) in [6.07, 6.45) is 1.90. The third kappa shape index (κ3) is 6.90. The van der Waals surface area contributed by atoms with Crippen LogP contribution in [0.4, 0.5) is 9.59 Å². The van der Waals surface area contributed by atoms with Crippen LogP contribution in [-0.2, 0) is 38.3 Å². The van der Waals surface area contributed by atoms with Gasteiger partial charge in [0.15, 0.2) is 0 Å². The topological polar surface area (TPSA) is 93.2 Å². The Morgan fingerprint density at radius 2 is 1.15 bits per heavy atom. The molecule has 3 aromatic carbocycles. The Bertz CT molecular complexity index is 1410. The maximum atomic E-state index is 13.8. The van der Waals surface area contributed by atoms with Gasteiger partial charge in [-0.2, -0.15) is 0 Å². The molecule has 2 saturated heterocycles. The van der Waals surface area contributed by atoms with Crippen molar-refractivity contribution in [1.29, 1.82) is 0 Å². The number of ether oxygens (including phenoxy) is 2. The van der Waals surface area contributed by atoms with Crippen molar-refractivity contribution in [2.24, 2.45) is 0 Å². The van der Waals surface area contributed by atoms with Gasteiger partial charge < -0.3 is 9.47 Å². The number of carbonyl (C=O) groups is 4. The van der Waals surface area contributed by atoms with Gasteiger partial charge in [-0.15, -0.1) is 0 Å². The molecule has 8 heteroatoms. The monoisotopic (exact) mass is 552 g/mol. The number of imide groups is 2. The van der Waals surface area contributed by atoms with Gasteiger partial charge in [0, 0.05) is 18.4 Å². The van der Waals surface area contributed by atoms with E-state index in [-0.39, 0.29) is 44.4 Å². The standard InChI is InChI=1S/C33H32N2O6/c36-30(34-28(22-40-32(34)38)20-25-13-6-2-7-14-25)18-10-17-27(19-24-11-4-1-5-12-24)31(37)35-29(23-41-33(35)39)21-26-15-8-3-9-16-26/h1-9,11-17,28-29H,10,18-23H2/b27-17+/t28-,29-/m0/s1. The second-order valence-corrected chi connectivity index (χ2v) is 10.2. The smallest absolute Gasteiger partial charge is 0.417 e. The minimum absolute atomic E-state index is 0.0177. The van der Waals surface area contributed by atoms with Crippen LogP contribution in [0.2, 0.25) is 0 Å². The molecule has 4 amide bonds. The summed E-state index contributed by atoms with van der Waals surface area (Å²) in [6.45, 7) is 0.267. The number of rotatable bonds is 10. The molecule has 2 aliphatic heterocycles. The van der Waals surface area contributed by atoms with Crippen molar-refractivity contribution in [1.82, 2.24) is 9.80 Å². The lowest BCUT2D eigenvalue weighted by Gasteiger charge is -2.22. The molecule has 2 atom stereocenters. The Labute approximate surface area is 239 Å². The van der Waals surface area contributed by atoms with Gasteiger partial charge in [0.05, 0.1) is 12.1 Å². The van der Waals surface area contributed by atoms with Gasteiger partial charge in [-0.3, -0.25) is 9.59 Å². The third-order valence-electron chi connectivity index (χ3n) is 7.30. The first-order valence-electron chi connectivity index (χ1n) is 13.8. The average molecular weight is 553 g/mol. The minimum atomic E-state index is -0.672. The molecule has 2 heterocycles. The number of nitrogens with zero attached hydrogens (tertiary/aromatic N) is 2. The highest BCUT2D eigenvalue weighted by Gasteiger charge is 2.40. The highest BCUT2D eigenvalue weighted by molar-refractivity contribution is 6.03. The molecular weight excluding hydrogens is 520 g/mol. The molecule has 5 rings (SSSR count). The number of hydrogen-bond acceptors (Lipinski definition) is 6. The van der Waals surface area contributed by atoms with Crippen LogP contribution in [0.1, 0.15) is 29.5 Å². The number of allylic oxidation sites excluding steroid dienone is 1. The van der Waals surface area contributed by atoms with Gasteiger partial charge in [-0.25, -0.2) is 19.4 Å². The summed E-state index contributed by atoms with van der Waals surface area (Å²) in [4.78, 5) is 54.4. The number of benzene rings is 3. The van der Waals surface area contributed by atoms with E-state index in [1.807, 2.05) is 91.0 Å². The van der Waals surface area contributed by atoms with Gasteiger partial charge in [-0.1, -0.05) is 97.1 Å². The zero-order chi connectivity index (χ0) is 28.6. The van der Waals surface area contributed by atoms with Crippen LogP contribution in [-0.4, -0.2) is 59.1 Å². The Hall–Kier alpha value is -4.72. The van der Waals surface area contributed by atoms with Crippen molar-refractivity contribution in [2.75, 3.05) is 13.2 Å². The maximum Gasteiger partial charge on any atom is 0.417 e. The van der Waals surface area contributed by atoms with Crippen molar-refractivity contribution in [2.45, 2.75) is 44.2 Å². The molecule has 0 saturated carbocycles. The third-order valence-corrected chi connectivity index (χ3v) is 7.30. The number of cyclic esters (lactones) is 2. The Morgan fingerprint density at radius 1 is 0.683 bits per heavy atom. The van der Waals surface area contributed by atoms with Gasteiger partial charge >= 0.3 is 12.2 Å². The quantitative estimate of drug-likeness (QED) is 0.324. The fraction of sp³-hybridized carbons (Fsp3) is 0.273. The minimum Gasteiger partial charge on any atom is -0.447 e. The lowest BCUT2D eigenvalue weighted by Crippen LogP contribution is -2.41. The molecule has 2 fully saturated rings. The second-order valence-electron chi connectivity index (χ2n) is 10.2. The molecule has 0 spiro atoms. The van der Waals surface area contributed by atoms with Crippen LogP contribution in [0, 0.1) is 0 Å². The maximum absolute atomic E-state index is 13.8. The molecule has 210 valence electrons. The Kier molecular flexibility index (Phi) is 8.89. The van der Waals surface area contributed by atoms with Gasteiger partial charge in [-0.05, 0) is 36.0 Å². The van der Waals surface area contributed by atoms with E-state index in [1.165, 1.54) is 9.80 Å². The van der Waals surface area contributed by atoms with E-state index in [0.29, 0.717) is 18.4 Å². The predicted octanol–water partition coefficient (Wildman–Crippen LogP) is 5.12. The van der Waals surface area contributed by atoms with E-state index in [2.05, 4.69) is 0 Å². The summed E-state index contributed by atoms with van der Waals surface area (Å²) in [7, 11) is 0. The zero-order valence-electron chi connectivity index (χ0n) is 22.7. The number of amides is 4. The lowest BCUT2D eigenvalue weighted by molar-refractivity contribution is -0.129. The molecule has 0 aliphatic carbocycles. The molecule has 3 aromatic rings. The first-order valence-corrected chi connectivity index (χ1v) is 13.8. The summed E-state index contributed by atoms with van der Waals surface area (Å²) >= 11 is 0. The van der Waals surface area contributed by atoms with Crippen molar-refractivity contribution >= 4 is 24.0 Å². The summed E-state index contributed by atoms with van der Waals surface area (Å²) in [5.41, 5.74) is 3.30. The summed E-state index contributed by atoms with van der Waals surface area (Å²) in [5, 5.41) is 0. The van der Waals surface area contributed by atoms with Crippen LogP contribution >= 0.6 is 0 Å². The molecular formula is C33H32N2O6. The highest BCUT2D eigenvalue weighted by atomic mass is 16.6. The molecule has 0 N–H and O–H groups in total. The van der Waals surface area contributed by atoms with Crippen molar-refractivity contribution < 1.29 is 28.7 Å². The molecule has 8 nitrogen and oxygen atoms in total. The van der Waals surface area contributed by atoms with E-state index >= 15 is 0 Å².